The second-order valence-electron chi connectivity index (χ2n) is 9.68. The van der Waals surface area contributed by atoms with Gasteiger partial charge in [-0.05, 0) is 49.2 Å². The molecule has 0 unspecified atom stereocenters. The van der Waals surface area contributed by atoms with E-state index in [0.717, 1.165) is 39.2 Å². The van der Waals surface area contributed by atoms with Crippen LogP contribution in [0.5, 0.6) is 23.3 Å². The zero-order chi connectivity index (χ0) is 27.4. The van der Waals surface area contributed by atoms with E-state index in [1.807, 2.05) is 78.3 Å². The first-order chi connectivity index (χ1) is 19.6. The van der Waals surface area contributed by atoms with E-state index in [4.69, 9.17) is 34.4 Å². The summed E-state index contributed by atoms with van der Waals surface area (Å²) in [6.45, 7) is 4.05. The lowest BCUT2D eigenvalue weighted by atomic mass is 9.84. The first-order valence-electron chi connectivity index (χ1n) is 12.9. The molecular formula is C31H26N6O3. The summed E-state index contributed by atoms with van der Waals surface area (Å²) in [6, 6.07) is 24.0. The van der Waals surface area contributed by atoms with Crippen LogP contribution in [0, 0.1) is 13.8 Å². The van der Waals surface area contributed by atoms with Crippen LogP contribution >= 0.6 is 0 Å². The molecule has 3 aromatic heterocycles. The van der Waals surface area contributed by atoms with Crippen molar-refractivity contribution in [1.82, 2.24) is 29.4 Å². The lowest BCUT2D eigenvalue weighted by Crippen LogP contribution is -2.16. The minimum Gasteiger partial charge on any atom is -0.493 e. The fourth-order valence-corrected chi connectivity index (χ4v) is 5.43. The number of rotatable bonds is 5. The van der Waals surface area contributed by atoms with Crippen LogP contribution in [-0.4, -0.2) is 43.6 Å². The Kier molecular flexibility index (Phi) is 5.52. The topological polar surface area (TPSA) is 88.6 Å². The molecule has 0 saturated carbocycles. The Morgan fingerprint density at radius 1 is 0.825 bits per heavy atom. The predicted molar refractivity (Wildman–Crippen MR) is 150 cm³/mol. The Morgan fingerprint density at radius 2 is 1.60 bits per heavy atom. The van der Waals surface area contributed by atoms with Crippen LogP contribution in [0.1, 0.15) is 33.9 Å². The molecule has 0 aliphatic carbocycles. The van der Waals surface area contributed by atoms with E-state index in [9.17, 15) is 0 Å². The fraction of sp³-hybridized carbons (Fsp3) is 0.161. The van der Waals surface area contributed by atoms with Crippen LogP contribution in [0.15, 0.2) is 79.1 Å². The summed E-state index contributed by atoms with van der Waals surface area (Å²) in [5.74, 6) is 2.68. The molecule has 9 heteroatoms. The summed E-state index contributed by atoms with van der Waals surface area (Å²) in [6.07, 6.45) is 1.65. The standard InChI is InChI=1S/C31H26N6O3/c1-18-10-8-9-13-22(18)28-33-29-27-26(20-14-15-23(38-3)24(16-20)39-4)25-19(2)34-37(21-11-6-5-7-12-21)31(25)40-30(27)32-17-36(29)35-28/h5-17,26H,1-4H3/t26-/m0/s1. The highest BCUT2D eigenvalue weighted by Gasteiger charge is 2.38. The van der Waals surface area contributed by atoms with Crippen molar-refractivity contribution >= 4 is 5.65 Å². The van der Waals surface area contributed by atoms with E-state index < -0.39 is 0 Å². The van der Waals surface area contributed by atoms with Crippen LogP contribution in [0.2, 0.25) is 0 Å². The third kappa shape index (κ3) is 3.62. The van der Waals surface area contributed by atoms with Gasteiger partial charge in [0.15, 0.2) is 23.0 Å². The van der Waals surface area contributed by atoms with Gasteiger partial charge in [-0.1, -0.05) is 48.5 Å². The van der Waals surface area contributed by atoms with E-state index in [1.54, 1.807) is 25.1 Å². The summed E-state index contributed by atoms with van der Waals surface area (Å²) in [5.41, 5.74) is 7.17. The van der Waals surface area contributed by atoms with Crippen molar-refractivity contribution in [3.05, 3.63) is 107 Å². The molecule has 9 nitrogen and oxygen atoms in total. The van der Waals surface area contributed by atoms with Gasteiger partial charge in [0.2, 0.25) is 11.8 Å². The van der Waals surface area contributed by atoms with Crippen LogP contribution in [0.4, 0.5) is 0 Å². The molecule has 1 aliphatic heterocycles. The van der Waals surface area contributed by atoms with Gasteiger partial charge < -0.3 is 14.2 Å². The van der Waals surface area contributed by atoms with Crippen molar-refractivity contribution in [3.8, 4) is 40.3 Å². The van der Waals surface area contributed by atoms with Crippen LogP contribution in [0.25, 0.3) is 22.7 Å². The Morgan fingerprint density at radius 3 is 2.38 bits per heavy atom. The maximum atomic E-state index is 6.54. The van der Waals surface area contributed by atoms with Crippen molar-refractivity contribution in [2.75, 3.05) is 14.2 Å². The molecule has 0 radical (unpaired) electrons. The third-order valence-electron chi connectivity index (χ3n) is 7.35. The van der Waals surface area contributed by atoms with Crippen molar-refractivity contribution in [3.63, 3.8) is 0 Å². The molecular weight excluding hydrogens is 504 g/mol. The van der Waals surface area contributed by atoms with E-state index in [-0.39, 0.29) is 5.92 Å². The highest BCUT2D eigenvalue weighted by molar-refractivity contribution is 5.70. The molecule has 1 aliphatic rings. The molecule has 7 rings (SSSR count). The lowest BCUT2D eigenvalue weighted by Gasteiger charge is -2.26. The zero-order valence-corrected chi connectivity index (χ0v) is 22.5. The summed E-state index contributed by atoms with van der Waals surface area (Å²) in [7, 11) is 3.26. The second kappa shape index (κ2) is 9.23. The quantitative estimate of drug-likeness (QED) is 0.274. The average molecular weight is 531 g/mol. The molecule has 198 valence electrons. The number of nitrogens with zero attached hydrogens (tertiary/aromatic N) is 6. The highest BCUT2D eigenvalue weighted by atomic mass is 16.5. The summed E-state index contributed by atoms with van der Waals surface area (Å²) in [4.78, 5) is 9.74. The maximum absolute atomic E-state index is 6.54. The van der Waals surface area contributed by atoms with Crippen molar-refractivity contribution < 1.29 is 14.2 Å². The van der Waals surface area contributed by atoms with Crippen LogP contribution < -0.4 is 14.2 Å². The second-order valence-corrected chi connectivity index (χ2v) is 9.68. The minimum atomic E-state index is -0.305. The molecule has 3 aromatic carbocycles. The van der Waals surface area contributed by atoms with Gasteiger partial charge in [0.25, 0.3) is 0 Å². The Balaban J connectivity index is 1.51. The molecule has 4 heterocycles. The molecule has 40 heavy (non-hydrogen) atoms. The summed E-state index contributed by atoms with van der Waals surface area (Å²) in [5, 5.41) is 9.70. The van der Waals surface area contributed by atoms with Crippen molar-refractivity contribution in [2.24, 2.45) is 0 Å². The number of ether oxygens (including phenoxy) is 3. The highest BCUT2D eigenvalue weighted by Crippen LogP contribution is 2.50. The molecule has 0 saturated heterocycles. The van der Waals surface area contributed by atoms with Gasteiger partial charge in [0.05, 0.1) is 42.6 Å². The fourth-order valence-electron chi connectivity index (χ4n) is 5.43. The predicted octanol–water partition coefficient (Wildman–Crippen LogP) is 5.90. The van der Waals surface area contributed by atoms with Gasteiger partial charge in [-0.2, -0.15) is 5.10 Å². The van der Waals surface area contributed by atoms with E-state index >= 15 is 0 Å². The van der Waals surface area contributed by atoms with Crippen LogP contribution in [0.3, 0.4) is 0 Å². The van der Waals surface area contributed by atoms with Gasteiger partial charge in [-0.3, -0.25) is 0 Å². The van der Waals surface area contributed by atoms with Gasteiger partial charge in [0.1, 0.15) is 6.33 Å². The first-order valence-corrected chi connectivity index (χ1v) is 12.9. The number of fused-ring (bicyclic) bond motifs is 4. The number of benzene rings is 3. The van der Waals surface area contributed by atoms with Crippen molar-refractivity contribution in [2.45, 2.75) is 19.8 Å². The molecule has 0 amide bonds. The number of hydrogen-bond acceptors (Lipinski definition) is 7. The SMILES string of the molecule is COc1ccc([C@H]2c3c(C)nn(-c4ccccc4)c3Oc3ncn4nc(-c5ccccc5C)nc4c32)cc1OC. The molecule has 0 bridgehead atoms. The molecule has 0 fully saturated rings. The third-order valence-corrected chi connectivity index (χ3v) is 7.35. The Hall–Kier alpha value is -5.18. The summed E-state index contributed by atoms with van der Waals surface area (Å²) >= 11 is 0. The average Bonchev–Trinajstić information content (AvgIpc) is 3.57. The number of para-hydroxylation sites is 1. The zero-order valence-electron chi connectivity index (χ0n) is 22.5. The normalized spacial score (nSPS) is 13.9. The minimum absolute atomic E-state index is 0.305. The Labute approximate surface area is 230 Å². The summed E-state index contributed by atoms with van der Waals surface area (Å²) < 4.78 is 21.3. The molecule has 1 atom stereocenters. The number of hydrogen-bond donors (Lipinski definition) is 0. The van der Waals surface area contributed by atoms with Gasteiger partial charge in [0, 0.05) is 5.56 Å². The molecule has 6 aromatic rings. The largest absolute Gasteiger partial charge is 0.493 e. The monoisotopic (exact) mass is 530 g/mol. The number of aryl methyl sites for hydroxylation is 2. The Bertz CT molecular complexity index is 1890. The van der Waals surface area contributed by atoms with Gasteiger partial charge in [-0.15, -0.1) is 5.10 Å². The molecule has 0 spiro atoms. The van der Waals surface area contributed by atoms with E-state index in [1.165, 1.54) is 0 Å². The van der Waals surface area contributed by atoms with Crippen molar-refractivity contribution in [1.29, 1.82) is 0 Å². The number of methoxy groups -OCH3 is 2. The van der Waals surface area contributed by atoms with E-state index in [0.29, 0.717) is 34.7 Å². The smallest absolute Gasteiger partial charge is 0.230 e. The number of aromatic nitrogens is 6. The van der Waals surface area contributed by atoms with Gasteiger partial charge >= 0.3 is 0 Å². The maximum Gasteiger partial charge on any atom is 0.230 e. The molecule has 0 N–H and O–H groups in total. The lowest BCUT2D eigenvalue weighted by molar-refractivity contribution is 0.354. The van der Waals surface area contributed by atoms with Crippen LogP contribution in [-0.2, 0) is 0 Å². The van der Waals surface area contributed by atoms with Gasteiger partial charge in [-0.25, -0.2) is 19.2 Å². The van der Waals surface area contributed by atoms with E-state index in [2.05, 4.69) is 13.0 Å². The first kappa shape index (κ1) is 23.9.